The minimum atomic E-state index is -0.131. The topological polar surface area (TPSA) is 62.3 Å². The van der Waals surface area contributed by atoms with Crippen molar-refractivity contribution in [2.45, 2.75) is 33.6 Å². The monoisotopic (exact) mass is 475 g/mol. The largest absolute Gasteiger partial charge is 0.322 e. The van der Waals surface area contributed by atoms with Crippen LogP contribution in [-0.4, -0.2) is 23.3 Å². The molecule has 1 aromatic heterocycles. The number of carbonyl (C=O) groups is 2. The number of nitrogens with zero attached hydrogens (tertiary/aromatic N) is 2. The highest BCUT2D eigenvalue weighted by atomic mass is 16.2. The second-order valence-electron chi connectivity index (χ2n) is 9.30. The van der Waals surface area contributed by atoms with Gasteiger partial charge in [-0.2, -0.15) is 0 Å². The molecule has 0 atom stereocenters. The molecule has 0 radical (unpaired) electrons. The number of anilines is 2. The van der Waals surface area contributed by atoms with Crippen molar-refractivity contribution < 1.29 is 9.59 Å². The molecular weight excluding hydrogens is 446 g/mol. The normalized spacial score (nSPS) is 12.4. The molecule has 1 aliphatic heterocycles. The first-order valence-corrected chi connectivity index (χ1v) is 12.2. The van der Waals surface area contributed by atoms with Gasteiger partial charge in [-0.05, 0) is 97.0 Å². The fraction of sp³-hybridized carbons (Fsp3) is 0.194. The third kappa shape index (κ3) is 4.52. The highest BCUT2D eigenvalue weighted by Gasteiger charge is 2.25. The molecule has 5 heteroatoms. The first-order valence-electron chi connectivity index (χ1n) is 12.2. The predicted octanol–water partition coefficient (Wildman–Crippen LogP) is 6.06. The molecule has 4 aromatic rings. The standard InChI is InChI=1S/C31H29N3O2/c1-20-21(2)27(23-9-5-4-6-10-23)19-28(22(20)3)31(36)33-26-12-13-29-24(17-26)14-16-34(29)30(35)18-25-11-7-8-15-32-25/h4-13,15,17,19H,14,16,18H2,1-3H3,(H,33,36). The lowest BCUT2D eigenvalue weighted by Crippen LogP contribution is -2.30. The molecule has 36 heavy (non-hydrogen) atoms. The number of rotatable bonds is 5. The number of carbonyl (C=O) groups excluding carboxylic acids is 2. The Hall–Kier alpha value is -4.25. The fourth-order valence-electron chi connectivity index (χ4n) is 4.89. The molecule has 2 amide bonds. The summed E-state index contributed by atoms with van der Waals surface area (Å²) in [6.45, 7) is 6.81. The van der Waals surface area contributed by atoms with Crippen molar-refractivity contribution in [3.63, 3.8) is 0 Å². The first-order chi connectivity index (χ1) is 17.4. The van der Waals surface area contributed by atoms with E-state index >= 15 is 0 Å². The van der Waals surface area contributed by atoms with Gasteiger partial charge in [-0.25, -0.2) is 0 Å². The molecule has 0 saturated heterocycles. The van der Waals surface area contributed by atoms with Crippen molar-refractivity contribution >= 4 is 23.2 Å². The van der Waals surface area contributed by atoms with Gasteiger partial charge in [0.2, 0.25) is 5.91 Å². The Balaban J connectivity index is 1.37. The van der Waals surface area contributed by atoms with Gasteiger partial charge in [-0.3, -0.25) is 14.6 Å². The lowest BCUT2D eigenvalue weighted by atomic mass is 9.90. The third-order valence-corrected chi connectivity index (χ3v) is 7.14. The number of hydrogen-bond donors (Lipinski definition) is 1. The maximum absolute atomic E-state index is 13.4. The summed E-state index contributed by atoms with van der Waals surface area (Å²) in [6.07, 6.45) is 2.73. The summed E-state index contributed by atoms with van der Waals surface area (Å²) in [7, 11) is 0. The molecule has 5 nitrogen and oxygen atoms in total. The van der Waals surface area contributed by atoms with Crippen LogP contribution in [0, 0.1) is 20.8 Å². The summed E-state index contributed by atoms with van der Waals surface area (Å²) in [4.78, 5) is 32.3. The van der Waals surface area contributed by atoms with Crippen LogP contribution in [0.4, 0.5) is 11.4 Å². The van der Waals surface area contributed by atoms with Crippen molar-refractivity contribution in [3.05, 3.63) is 113 Å². The van der Waals surface area contributed by atoms with E-state index in [-0.39, 0.29) is 18.2 Å². The summed E-state index contributed by atoms with van der Waals surface area (Å²) in [6, 6.07) is 23.5. The zero-order valence-corrected chi connectivity index (χ0v) is 20.8. The van der Waals surface area contributed by atoms with Gasteiger partial charge >= 0.3 is 0 Å². The van der Waals surface area contributed by atoms with Crippen LogP contribution in [0.5, 0.6) is 0 Å². The van der Waals surface area contributed by atoms with Crippen LogP contribution in [0.3, 0.4) is 0 Å². The van der Waals surface area contributed by atoms with Crippen LogP contribution in [0.1, 0.15) is 38.3 Å². The third-order valence-electron chi connectivity index (χ3n) is 7.14. The van der Waals surface area contributed by atoms with Crippen molar-refractivity contribution in [2.75, 3.05) is 16.8 Å². The second-order valence-corrected chi connectivity index (χ2v) is 9.30. The van der Waals surface area contributed by atoms with E-state index in [0.717, 1.165) is 51.3 Å². The predicted molar refractivity (Wildman–Crippen MR) is 144 cm³/mol. The molecule has 0 bridgehead atoms. The van der Waals surface area contributed by atoms with Gasteiger partial charge in [0.15, 0.2) is 0 Å². The number of pyridine rings is 1. The molecule has 5 rings (SSSR count). The maximum atomic E-state index is 13.4. The van der Waals surface area contributed by atoms with Gasteiger partial charge in [0, 0.05) is 35.4 Å². The molecule has 0 fully saturated rings. The number of fused-ring (bicyclic) bond motifs is 1. The van der Waals surface area contributed by atoms with Gasteiger partial charge in [0.05, 0.1) is 6.42 Å². The smallest absolute Gasteiger partial charge is 0.255 e. The molecule has 3 aromatic carbocycles. The van der Waals surface area contributed by atoms with Crippen LogP contribution in [0.15, 0.2) is 79.0 Å². The van der Waals surface area contributed by atoms with E-state index < -0.39 is 0 Å². The maximum Gasteiger partial charge on any atom is 0.255 e. The highest BCUT2D eigenvalue weighted by molar-refractivity contribution is 6.07. The van der Waals surface area contributed by atoms with E-state index in [1.54, 1.807) is 6.20 Å². The number of nitrogens with one attached hydrogen (secondary N) is 1. The SMILES string of the molecule is Cc1c(C(=O)Nc2ccc3c(c2)CCN3C(=O)Cc2ccccn2)cc(-c2ccccc2)c(C)c1C. The number of amides is 2. The number of benzene rings is 3. The Morgan fingerprint density at radius 1 is 0.889 bits per heavy atom. The van der Waals surface area contributed by atoms with E-state index in [1.807, 2.05) is 72.5 Å². The summed E-state index contributed by atoms with van der Waals surface area (Å²) in [5.41, 5.74) is 9.59. The molecule has 0 spiro atoms. The lowest BCUT2D eigenvalue weighted by Gasteiger charge is -2.18. The summed E-state index contributed by atoms with van der Waals surface area (Å²) < 4.78 is 0. The van der Waals surface area contributed by atoms with E-state index in [0.29, 0.717) is 12.1 Å². The Kier molecular flexibility index (Phi) is 6.38. The fourth-order valence-corrected chi connectivity index (χ4v) is 4.89. The van der Waals surface area contributed by atoms with Gasteiger partial charge < -0.3 is 10.2 Å². The summed E-state index contributed by atoms with van der Waals surface area (Å²) in [5.74, 6) is -0.0998. The Morgan fingerprint density at radius 3 is 2.42 bits per heavy atom. The molecule has 0 aliphatic carbocycles. The first kappa shape index (κ1) is 23.5. The summed E-state index contributed by atoms with van der Waals surface area (Å²) in [5, 5.41) is 3.09. The Morgan fingerprint density at radius 2 is 1.67 bits per heavy atom. The Labute approximate surface area is 211 Å². The molecule has 1 aliphatic rings. The van der Waals surface area contributed by atoms with Gasteiger partial charge in [0.1, 0.15) is 0 Å². The Bertz CT molecular complexity index is 1450. The van der Waals surface area contributed by atoms with Crippen LogP contribution >= 0.6 is 0 Å². The van der Waals surface area contributed by atoms with Crippen LogP contribution < -0.4 is 10.2 Å². The minimum Gasteiger partial charge on any atom is -0.322 e. The van der Waals surface area contributed by atoms with Crippen LogP contribution in [0.25, 0.3) is 11.1 Å². The van der Waals surface area contributed by atoms with E-state index in [1.165, 1.54) is 5.56 Å². The van der Waals surface area contributed by atoms with Crippen molar-refractivity contribution in [1.82, 2.24) is 4.98 Å². The van der Waals surface area contributed by atoms with E-state index in [4.69, 9.17) is 0 Å². The number of aromatic nitrogens is 1. The average Bonchev–Trinajstić information content (AvgIpc) is 3.32. The van der Waals surface area contributed by atoms with E-state index in [2.05, 4.69) is 36.3 Å². The second kappa shape index (κ2) is 9.78. The van der Waals surface area contributed by atoms with Crippen LogP contribution in [-0.2, 0) is 17.6 Å². The van der Waals surface area contributed by atoms with Crippen molar-refractivity contribution in [3.8, 4) is 11.1 Å². The van der Waals surface area contributed by atoms with Crippen LogP contribution in [0.2, 0.25) is 0 Å². The zero-order chi connectivity index (χ0) is 25.2. The molecule has 0 saturated carbocycles. The highest BCUT2D eigenvalue weighted by Crippen LogP contribution is 2.33. The van der Waals surface area contributed by atoms with Crippen molar-refractivity contribution in [1.29, 1.82) is 0 Å². The zero-order valence-electron chi connectivity index (χ0n) is 20.8. The quantitative estimate of drug-likeness (QED) is 0.382. The molecule has 1 N–H and O–H groups in total. The van der Waals surface area contributed by atoms with Crippen molar-refractivity contribution in [2.24, 2.45) is 0 Å². The number of hydrogen-bond acceptors (Lipinski definition) is 3. The lowest BCUT2D eigenvalue weighted by molar-refractivity contribution is -0.117. The molecular formula is C31H29N3O2. The molecule has 0 unspecified atom stereocenters. The minimum absolute atomic E-state index is 0.0310. The van der Waals surface area contributed by atoms with E-state index in [9.17, 15) is 9.59 Å². The van der Waals surface area contributed by atoms with Gasteiger partial charge in [-0.15, -0.1) is 0 Å². The summed E-state index contributed by atoms with van der Waals surface area (Å²) >= 11 is 0. The average molecular weight is 476 g/mol. The van der Waals surface area contributed by atoms with Gasteiger partial charge in [-0.1, -0.05) is 36.4 Å². The molecule has 180 valence electrons. The van der Waals surface area contributed by atoms with Gasteiger partial charge in [0.25, 0.3) is 5.91 Å². The molecule has 2 heterocycles.